The van der Waals surface area contributed by atoms with Gasteiger partial charge in [-0.15, -0.1) is 0 Å². The molecule has 1 aliphatic carbocycles. The van der Waals surface area contributed by atoms with Crippen LogP contribution in [0.25, 0.3) is 17.2 Å². The molecule has 0 bridgehead atoms. The number of hydrogen-bond donors (Lipinski definition) is 0. The van der Waals surface area contributed by atoms with Crippen LogP contribution in [0.1, 0.15) is 42.0 Å². The Balaban J connectivity index is 1.51. The monoisotopic (exact) mass is 441 g/mol. The molecule has 0 heterocycles. The van der Waals surface area contributed by atoms with E-state index in [9.17, 15) is 8.78 Å². The number of aryl methyl sites for hydroxylation is 1. The molecule has 4 heteroatoms. The lowest BCUT2D eigenvalue weighted by Gasteiger charge is -2.07. The van der Waals surface area contributed by atoms with Gasteiger partial charge in [-0.3, -0.25) is 0 Å². The minimum atomic E-state index is -0.761. The van der Waals surface area contributed by atoms with Gasteiger partial charge < -0.3 is 0 Å². The number of isothiocyanates is 1. The van der Waals surface area contributed by atoms with Crippen molar-refractivity contribution in [3.05, 3.63) is 94.1 Å². The lowest BCUT2D eigenvalue weighted by Crippen LogP contribution is -1.89. The fourth-order valence-corrected chi connectivity index (χ4v) is 3.87. The smallest absolute Gasteiger partial charge is 0.153 e. The molecule has 0 atom stereocenters. The fraction of sp³-hybridized carbons (Fsp3) is 0.179. The normalized spacial score (nSPS) is 11.8. The summed E-state index contributed by atoms with van der Waals surface area (Å²) < 4.78 is 28.4. The van der Waals surface area contributed by atoms with Crippen molar-refractivity contribution >= 4 is 29.1 Å². The van der Waals surface area contributed by atoms with Crippen molar-refractivity contribution in [3.8, 4) is 23.0 Å². The third-order valence-electron chi connectivity index (χ3n) is 5.50. The van der Waals surface area contributed by atoms with Crippen molar-refractivity contribution in [2.45, 2.75) is 32.6 Å². The van der Waals surface area contributed by atoms with Crippen molar-refractivity contribution in [2.75, 3.05) is 0 Å². The third kappa shape index (κ3) is 4.92. The summed E-state index contributed by atoms with van der Waals surface area (Å²) in [6.07, 6.45) is 6.25. The van der Waals surface area contributed by atoms with Crippen molar-refractivity contribution < 1.29 is 8.78 Å². The molecule has 1 aliphatic rings. The van der Waals surface area contributed by atoms with Gasteiger partial charge in [-0.05, 0) is 83.2 Å². The molecule has 0 spiro atoms. The highest BCUT2D eigenvalue weighted by molar-refractivity contribution is 7.78. The standard InChI is InChI=1S/C28H21F2NS/c1-2-3-4-19-5-7-20(8-6-19)9-10-21-13-22-11-12-23(15-24(22)14-21)25-16-26(29)28(31-18-32)27(30)17-25/h5-8,11-13,15-17H,2-4,14H2,1H3. The number of hydrogen-bond acceptors (Lipinski definition) is 2. The van der Waals surface area contributed by atoms with E-state index in [1.807, 2.05) is 23.4 Å². The van der Waals surface area contributed by atoms with Gasteiger partial charge in [-0.2, -0.15) is 4.99 Å². The Labute approximate surface area is 192 Å². The SMILES string of the molecule is CCCCc1ccc(C#CC2=Cc3ccc(-c4cc(F)c(N=C=S)c(F)c4)cc3C2)cc1. The van der Waals surface area contributed by atoms with Gasteiger partial charge in [0.2, 0.25) is 0 Å². The molecule has 158 valence electrons. The van der Waals surface area contributed by atoms with Crippen LogP contribution in [0.4, 0.5) is 14.5 Å². The zero-order chi connectivity index (χ0) is 22.5. The average Bonchev–Trinajstić information content (AvgIpc) is 3.21. The van der Waals surface area contributed by atoms with Gasteiger partial charge in [0.1, 0.15) is 5.69 Å². The highest BCUT2D eigenvalue weighted by Crippen LogP contribution is 2.33. The van der Waals surface area contributed by atoms with E-state index in [1.165, 1.54) is 30.5 Å². The lowest BCUT2D eigenvalue weighted by molar-refractivity contribution is 0.588. The molecular weight excluding hydrogens is 420 g/mol. The summed E-state index contributed by atoms with van der Waals surface area (Å²) in [5, 5.41) is 2.01. The highest BCUT2D eigenvalue weighted by atomic mass is 32.1. The quantitative estimate of drug-likeness (QED) is 0.224. The van der Waals surface area contributed by atoms with E-state index in [0.717, 1.165) is 34.2 Å². The topological polar surface area (TPSA) is 12.4 Å². The minimum Gasteiger partial charge on any atom is -0.204 e. The van der Waals surface area contributed by atoms with Crippen LogP contribution in [0.2, 0.25) is 0 Å². The van der Waals surface area contributed by atoms with E-state index in [2.05, 4.69) is 66.3 Å². The van der Waals surface area contributed by atoms with E-state index in [1.54, 1.807) is 0 Å². The van der Waals surface area contributed by atoms with Gasteiger partial charge in [0.15, 0.2) is 11.6 Å². The molecular formula is C28H21F2NS. The maximum atomic E-state index is 14.2. The molecule has 0 N–H and O–H groups in total. The number of fused-ring (bicyclic) bond motifs is 1. The number of thiocarbonyl (C=S) groups is 1. The molecule has 0 radical (unpaired) electrons. The maximum Gasteiger partial charge on any atom is 0.153 e. The molecule has 0 aromatic heterocycles. The van der Waals surface area contributed by atoms with Crippen LogP contribution in [0.3, 0.4) is 0 Å². The van der Waals surface area contributed by atoms with Gasteiger partial charge in [0.05, 0.1) is 5.16 Å². The molecule has 4 rings (SSSR count). The minimum absolute atomic E-state index is 0.414. The van der Waals surface area contributed by atoms with E-state index in [4.69, 9.17) is 0 Å². The van der Waals surface area contributed by atoms with Crippen LogP contribution >= 0.6 is 12.2 Å². The zero-order valence-corrected chi connectivity index (χ0v) is 18.5. The number of benzene rings is 3. The Bertz CT molecular complexity index is 1280. The van der Waals surface area contributed by atoms with Gasteiger partial charge in [-0.1, -0.05) is 55.5 Å². The zero-order valence-electron chi connectivity index (χ0n) is 17.7. The molecule has 0 amide bonds. The molecule has 0 aliphatic heterocycles. The number of nitrogens with zero attached hydrogens (tertiary/aromatic N) is 1. The molecule has 0 saturated carbocycles. The van der Waals surface area contributed by atoms with Crippen LogP contribution in [0.5, 0.6) is 0 Å². The van der Waals surface area contributed by atoms with Crippen molar-refractivity contribution in [2.24, 2.45) is 4.99 Å². The van der Waals surface area contributed by atoms with Gasteiger partial charge in [0, 0.05) is 17.6 Å². The maximum absolute atomic E-state index is 14.2. The fourth-order valence-electron chi connectivity index (χ4n) is 3.78. The molecule has 3 aromatic carbocycles. The second-order valence-electron chi connectivity index (χ2n) is 7.80. The number of unbranched alkanes of at least 4 members (excludes halogenated alkanes) is 1. The van der Waals surface area contributed by atoms with Crippen LogP contribution in [-0.4, -0.2) is 5.16 Å². The highest BCUT2D eigenvalue weighted by Gasteiger charge is 2.15. The predicted molar refractivity (Wildman–Crippen MR) is 130 cm³/mol. The first kappa shape index (κ1) is 21.8. The summed E-state index contributed by atoms with van der Waals surface area (Å²) in [4.78, 5) is 3.46. The summed E-state index contributed by atoms with van der Waals surface area (Å²) in [5.41, 5.74) is 6.30. The van der Waals surface area contributed by atoms with Crippen molar-refractivity contribution in [1.82, 2.24) is 0 Å². The number of rotatable bonds is 5. The Hall–Kier alpha value is -3.38. The number of halogens is 2. The first-order valence-corrected chi connectivity index (χ1v) is 11.0. The van der Waals surface area contributed by atoms with Crippen molar-refractivity contribution in [1.29, 1.82) is 0 Å². The Kier molecular flexibility index (Phi) is 6.71. The first-order chi connectivity index (χ1) is 15.6. The predicted octanol–water partition coefficient (Wildman–Crippen LogP) is 7.70. The van der Waals surface area contributed by atoms with Gasteiger partial charge in [0.25, 0.3) is 0 Å². The Morgan fingerprint density at radius 1 is 0.938 bits per heavy atom. The number of allylic oxidation sites excluding steroid dienone is 1. The molecule has 0 unspecified atom stereocenters. The Morgan fingerprint density at radius 3 is 2.38 bits per heavy atom. The molecule has 1 nitrogen and oxygen atoms in total. The first-order valence-electron chi connectivity index (χ1n) is 10.6. The van der Waals surface area contributed by atoms with E-state index in [-0.39, 0.29) is 0 Å². The summed E-state index contributed by atoms with van der Waals surface area (Å²) in [6, 6.07) is 16.7. The average molecular weight is 442 g/mol. The van der Waals surface area contributed by atoms with E-state index >= 15 is 0 Å². The third-order valence-corrected chi connectivity index (χ3v) is 5.59. The lowest BCUT2D eigenvalue weighted by atomic mass is 9.99. The molecule has 3 aromatic rings. The summed E-state index contributed by atoms with van der Waals surface area (Å²) >= 11 is 4.45. The van der Waals surface area contributed by atoms with E-state index < -0.39 is 17.3 Å². The van der Waals surface area contributed by atoms with Gasteiger partial charge >= 0.3 is 0 Å². The number of aliphatic imine (C=N–C) groups is 1. The largest absolute Gasteiger partial charge is 0.204 e. The second kappa shape index (κ2) is 9.83. The van der Waals surface area contributed by atoms with Crippen LogP contribution in [-0.2, 0) is 12.8 Å². The molecule has 0 saturated heterocycles. The van der Waals surface area contributed by atoms with Crippen LogP contribution in [0, 0.1) is 23.5 Å². The second-order valence-corrected chi connectivity index (χ2v) is 7.98. The Morgan fingerprint density at radius 2 is 1.69 bits per heavy atom. The van der Waals surface area contributed by atoms with Gasteiger partial charge in [-0.25, -0.2) is 8.78 Å². The van der Waals surface area contributed by atoms with Crippen LogP contribution < -0.4 is 0 Å². The molecule has 0 fully saturated rings. The van der Waals surface area contributed by atoms with Crippen LogP contribution in [0.15, 0.2) is 65.2 Å². The van der Waals surface area contributed by atoms with Crippen molar-refractivity contribution in [3.63, 3.8) is 0 Å². The summed E-state index contributed by atoms with van der Waals surface area (Å²) in [7, 11) is 0. The molecule has 32 heavy (non-hydrogen) atoms. The van der Waals surface area contributed by atoms with E-state index in [0.29, 0.717) is 12.0 Å². The summed E-state index contributed by atoms with van der Waals surface area (Å²) in [6.45, 7) is 2.19. The summed E-state index contributed by atoms with van der Waals surface area (Å²) in [5.74, 6) is 4.99.